The normalized spacial score (nSPS) is 10.5. The lowest BCUT2D eigenvalue weighted by atomic mass is 10.1. The van der Waals surface area contributed by atoms with Crippen molar-refractivity contribution in [2.75, 3.05) is 26.1 Å². The second kappa shape index (κ2) is 10.6. The van der Waals surface area contributed by atoms with Crippen molar-refractivity contribution >= 4 is 23.8 Å². The van der Waals surface area contributed by atoms with Crippen LogP contribution in [0, 0.1) is 0 Å². The number of carbonyl (C=O) groups excluding carboxylic acids is 2. The van der Waals surface area contributed by atoms with E-state index < -0.39 is 12.0 Å². The van der Waals surface area contributed by atoms with Crippen molar-refractivity contribution in [3.63, 3.8) is 0 Å². The number of thioether (sulfide) groups is 1. The molecule has 140 valence electrons. The number of aromatic nitrogens is 3. The summed E-state index contributed by atoms with van der Waals surface area (Å²) in [7, 11) is 1.63. The predicted octanol–water partition coefficient (Wildman–Crippen LogP) is 1.88. The van der Waals surface area contributed by atoms with E-state index in [2.05, 4.69) is 20.3 Å². The quantitative estimate of drug-likeness (QED) is 0.666. The number of carbonyl (C=O) groups is 2. The Morgan fingerprint density at radius 3 is 2.69 bits per heavy atom. The minimum atomic E-state index is -0.747. The lowest BCUT2D eigenvalue weighted by Gasteiger charge is -2.09. The number of hydrogen-bond donors (Lipinski definition) is 1. The molecule has 0 aliphatic rings. The number of imide groups is 1. The molecule has 0 aliphatic heterocycles. The Bertz CT molecular complexity index is 721. The minimum Gasteiger partial charge on any atom is -0.450 e. The van der Waals surface area contributed by atoms with Crippen molar-refractivity contribution in [3.05, 3.63) is 41.7 Å². The van der Waals surface area contributed by atoms with E-state index in [0.717, 1.165) is 11.4 Å². The van der Waals surface area contributed by atoms with Gasteiger partial charge in [0.1, 0.15) is 5.82 Å². The van der Waals surface area contributed by atoms with E-state index in [9.17, 15) is 9.59 Å². The van der Waals surface area contributed by atoms with Crippen LogP contribution in [0.5, 0.6) is 0 Å². The number of methoxy groups -OCH3 is 1. The highest BCUT2D eigenvalue weighted by atomic mass is 32.2. The second-order valence-electron chi connectivity index (χ2n) is 5.26. The zero-order valence-electron chi connectivity index (χ0n) is 14.8. The Balaban J connectivity index is 2.03. The highest BCUT2D eigenvalue weighted by molar-refractivity contribution is 7.99. The van der Waals surface area contributed by atoms with Crippen molar-refractivity contribution in [1.29, 1.82) is 0 Å². The van der Waals surface area contributed by atoms with Gasteiger partial charge in [0.2, 0.25) is 5.91 Å². The molecule has 1 aromatic heterocycles. The smallest absolute Gasteiger partial charge is 0.413 e. The number of hydrogen-bond acceptors (Lipinski definition) is 7. The van der Waals surface area contributed by atoms with E-state index in [4.69, 9.17) is 4.74 Å². The van der Waals surface area contributed by atoms with Crippen molar-refractivity contribution < 1.29 is 19.1 Å². The Morgan fingerprint density at radius 1 is 1.23 bits per heavy atom. The zero-order chi connectivity index (χ0) is 18.8. The average Bonchev–Trinajstić information content (AvgIpc) is 3.00. The Labute approximate surface area is 156 Å². The van der Waals surface area contributed by atoms with Crippen LogP contribution in [0.25, 0.3) is 0 Å². The van der Waals surface area contributed by atoms with Crippen LogP contribution in [-0.2, 0) is 27.2 Å². The zero-order valence-corrected chi connectivity index (χ0v) is 15.6. The van der Waals surface area contributed by atoms with Gasteiger partial charge >= 0.3 is 6.09 Å². The van der Waals surface area contributed by atoms with E-state index in [-0.39, 0.29) is 12.4 Å². The van der Waals surface area contributed by atoms with Gasteiger partial charge in [-0.1, -0.05) is 42.1 Å². The third kappa shape index (κ3) is 6.16. The van der Waals surface area contributed by atoms with Gasteiger partial charge in [-0.3, -0.25) is 10.1 Å². The molecule has 0 atom stereocenters. The standard InChI is InChI=1S/C17H22N4O4S/c1-3-25-17(23)18-15(22)12-26-16-20-19-14(21(16)9-10-24-2)11-13-7-5-4-6-8-13/h4-8H,3,9-12H2,1-2H3,(H,18,22,23). The summed E-state index contributed by atoms with van der Waals surface area (Å²) in [5.74, 6) is 0.385. The fraction of sp³-hybridized carbons (Fsp3) is 0.412. The SMILES string of the molecule is CCOC(=O)NC(=O)CSc1nnc(Cc2ccccc2)n1CCOC. The summed E-state index contributed by atoms with van der Waals surface area (Å²) in [6.07, 6.45) is -0.114. The van der Waals surface area contributed by atoms with Crippen molar-refractivity contribution in [2.45, 2.75) is 25.0 Å². The molecular formula is C17H22N4O4S. The molecule has 26 heavy (non-hydrogen) atoms. The van der Waals surface area contributed by atoms with Crippen LogP contribution < -0.4 is 5.32 Å². The van der Waals surface area contributed by atoms with Gasteiger partial charge in [0.05, 0.1) is 19.0 Å². The molecule has 1 heterocycles. The van der Waals surface area contributed by atoms with Gasteiger partial charge < -0.3 is 14.0 Å². The van der Waals surface area contributed by atoms with Crippen LogP contribution in [0.4, 0.5) is 4.79 Å². The van der Waals surface area contributed by atoms with E-state index in [0.29, 0.717) is 24.7 Å². The Kier molecular flexibility index (Phi) is 8.10. The third-order valence-electron chi connectivity index (χ3n) is 3.37. The van der Waals surface area contributed by atoms with Crippen LogP contribution in [0.2, 0.25) is 0 Å². The molecule has 0 radical (unpaired) electrons. The maximum absolute atomic E-state index is 11.8. The molecule has 0 unspecified atom stereocenters. The highest BCUT2D eigenvalue weighted by Crippen LogP contribution is 2.18. The summed E-state index contributed by atoms with van der Waals surface area (Å²) >= 11 is 1.21. The summed E-state index contributed by atoms with van der Waals surface area (Å²) in [6, 6.07) is 9.95. The summed E-state index contributed by atoms with van der Waals surface area (Å²) in [5.41, 5.74) is 1.12. The molecule has 0 saturated carbocycles. The molecule has 1 aromatic carbocycles. The number of nitrogens with zero attached hydrogens (tertiary/aromatic N) is 3. The number of amides is 2. The largest absolute Gasteiger partial charge is 0.450 e. The number of alkyl carbamates (subject to hydrolysis) is 1. The van der Waals surface area contributed by atoms with Crippen molar-refractivity contribution in [1.82, 2.24) is 20.1 Å². The summed E-state index contributed by atoms with van der Waals surface area (Å²) in [5, 5.41) is 11.2. The molecular weight excluding hydrogens is 356 g/mol. The van der Waals surface area contributed by atoms with Gasteiger partial charge in [-0.2, -0.15) is 0 Å². The fourth-order valence-electron chi connectivity index (χ4n) is 2.19. The molecule has 0 bridgehead atoms. The van der Waals surface area contributed by atoms with E-state index in [1.807, 2.05) is 34.9 Å². The summed E-state index contributed by atoms with van der Waals surface area (Å²) in [6.45, 7) is 2.96. The maximum Gasteiger partial charge on any atom is 0.413 e. The number of rotatable bonds is 9. The van der Waals surface area contributed by atoms with Crippen molar-refractivity contribution in [2.24, 2.45) is 0 Å². The lowest BCUT2D eigenvalue weighted by Crippen LogP contribution is -2.32. The number of benzene rings is 1. The Hall–Kier alpha value is -2.39. The minimum absolute atomic E-state index is 0.0370. The monoisotopic (exact) mass is 378 g/mol. The number of nitrogens with one attached hydrogen (secondary N) is 1. The van der Waals surface area contributed by atoms with E-state index in [1.54, 1.807) is 14.0 Å². The molecule has 2 aromatic rings. The highest BCUT2D eigenvalue weighted by Gasteiger charge is 2.15. The van der Waals surface area contributed by atoms with Gasteiger partial charge in [-0.25, -0.2) is 4.79 Å². The molecule has 1 N–H and O–H groups in total. The van der Waals surface area contributed by atoms with Gasteiger partial charge in [-0.15, -0.1) is 10.2 Å². The first-order chi connectivity index (χ1) is 12.6. The van der Waals surface area contributed by atoms with Crippen LogP contribution in [0.15, 0.2) is 35.5 Å². The molecule has 0 saturated heterocycles. The summed E-state index contributed by atoms with van der Waals surface area (Å²) in [4.78, 5) is 23.1. The molecule has 8 nitrogen and oxygen atoms in total. The molecule has 0 aliphatic carbocycles. The summed E-state index contributed by atoms with van der Waals surface area (Å²) < 4.78 is 11.8. The molecule has 0 fully saturated rings. The first-order valence-electron chi connectivity index (χ1n) is 8.18. The third-order valence-corrected chi connectivity index (χ3v) is 4.33. The Morgan fingerprint density at radius 2 is 2.00 bits per heavy atom. The first kappa shape index (κ1) is 19.9. The van der Waals surface area contributed by atoms with Crippen LogP contribution in [0.1, 0.15) is 18.3 Å². The van der Waals surface area contributed by atoms with Gasteiger partial charge in [-0.05, 0) is 12.5 Å². The fourth-order valence-corrected chi connectivity index (χ4v) is 2.97. The maximum atomic E-state index is 11.8. The topological polar surface area (TPSA) is 95.3 Å². The van der Waals surface area contributed by atoms with Crippen molar-refractivity contribution in [3.8, 4) is 0 Å². The molecule has 9 heteroatoms. The number of ether oxygens (including phenoxy) is 2. The molecule has 0 spiro atoms. The lowest BCUT2D eigenvalue weighted by molar-refractivity contribution is -0.117. The van der Waals surface area contributed by atoms with Gasteiger partial charge in [0, 0.05) is 20.1 Å². The predicted molar refractivity (Wildman–Crippen MR) is 97.0 cm³/mol. The van der Waals surface area contributed by atoms with Crippen LogP contribution >= 0.6 is 11.8 Å². The average molecular weight is 378 g/mol. The van der Waals surface area contributed by atoms with Crippen LogP contribution in [0.3, 0.4) is 0 Å². The van der Waals surface area contributed by atoms with Crippen LogP contribution in [-0.4, -0.2) is 52.8 Å². The van der Waals surface area contributed by atoms with Gasteiger partial charge in [0.15, 0.2) is 5.16 Å². The van der Waals surface area contributed by atoms with Gasteiger partial charge in [0.25, 0.3) is 0 Å². The van der Waals surface area contributed by atoms with E-state index >= 15 is 0 Å². The van der Waals surface area contributed by atoms with E-state index in [1.165, 1.54) is 11.8 Å². The first-order valence-corrected chi connectivity index (χ1v) is 9.17. The second-order valence-corrected chi connectivity index (χ2v) is 6.21. The molecule has 2 amide bonds. The molecule has 2 rings (SSSR count).